The van der Waals surface area contributed by atoms with Crippen LogP contribution in [0, 0.1) is 0 Å². The van der Waals surface area contributed by atoms with Crippen molar-refractivity contribution in [2.24, 2.45) is 0 Å². The van der Waals surface area contributed by atoms with Gasteiger partial charge in [-0.3, -0.25) is 10.1 Å². The van der Waals surface area contributed by atoms with E-state index >= 15 is 0 Å². The zero-order valence-electron chi connectivity index (χ0n) is 8.40. The van der Waals surface area contributed by atoms with Gasteiger partial charge < -0.3 is 4.98 Å². The van der Waals surface area contributed by atoms with Gasteiger partial charge in [-0.2, -0.15) is 0 Å². The van der Waals surface area contributed by atoms with Crippen molar-refractivity contribution in [3.8, 4) is 0 Å². The lowest BCUT2D eigenvalue weighted by Crippen LogP contribution is -2.15. The van der Waals surface area contributed by atoms with E-state index in [0.29, 0.717) is 11.0 Å². The molecule has 2 N–H and O–H groups in total. The van der Waals surface area contributed by atoms with Gasteiger partial charge in [-0.1, -0.05) is 23.7 Å². The van der Waals surface area contributed by atoms with Gasteiger partial charge in [0.1, 0.15) is 0 Å². The first kappa shape index (κ1) is 10.7. The Morgan fingerprint density at radius 3 is 3.06 bits per heavy atom. The molecule has 0 spiro atoms. The molecule has 0 aliphatic heterocycles. The molecule has 1 aromatic carbocycles. The van der Waals surface area contributed by atoms with Gasteiger partial charge in [-0.05, 0) is 17.7 Å². The number of hydrogen-bond acceptors (Lipinski definition) is 2. The third-order valence-electron chi connectivity index (χ3n) is 2.01. The molecule has 0 aliphatic rings. The second kappa shape index (κ2) is 4.81. The fraction of sp³-hybridized carbons (Fsp3) is 0.0909. The minimum Gasteiger partial charge on any atom is -0.331 e. The van der Waals surface area contributed by atoms with Crippen LogP contribution < -0.4 is 5.32 Å². The van der Waals surface area contributed by atoms with E-state index in [1.165, 1.54) is 0 Å². The summed E-state index contributed by atoms with van der Waals surface area (Å²) in [5.74, 6) is 0.323. The van der Waals surface area contributed by atoms with E-state index < -0.39 is 0 Å². The molecule has 5 heteroatoms. The molecule has 0 unspecified atom stereocenters. The maximum atomic E-state index is 11.6. The highest BCUT2D eigenvalue weighted by Gasteiger charge is 2.05. The lowest BCUT2D eigenvalue weighted by molar-refractivity contribution is -0.115. The molecular weight excluding hydrogens is 226 g/mol. The summed E-state index contributed by atoms with van der Waals surface area (Å²) in [6.45, 7) is 0. The number of carbonyl (C=O) groups is 1. The van der Waals surface area contributed by atoms with E-state index in [1.807, 2.05) is 12.1 Å². The van der Waals surface area contributed by atoms with Gasteiger partial charge in [0.05, 0.1) is 6.42 Å². The molecule has 2 rings (SSSR count). The summed E-state index contributed by atoms with van der Waals surface area (Å²) in [5.41, 5.74) is 0.872. The number of rotatable bonds is 3. The molecule has 16 heavy (non-hydrogen) atoms. The van der Waals surface area contributed by atoms with Crippen LogP contribution in [-0.2, 0) is 11.2 Å². The molecule has 4 nitrogen and oxygen atoms in total. The number of nitrogens with one attached hydrogen (secondary N) is 2. The summed E-state index contributed by atoms with van der Waals surface area (Å²) in [7, 11) is 0. The van der Waals surface area contributed by atoms with Crippen molar-refractivity contribution < 1.29 is 4.79 Å². The summed E-state index contributed by atoms with van der Waals surface area (Å²) >= 11 is 5.82. The van der Waals surface area contributed by atoms with E-state index in [4.69, 9.17) is 11.6 Å². The SMILES string of the molecule is O=C(Cc1cccc(Cl)c1)Nc1ncc[nH]1. The standard InChI is InChI=1S/C11H10ClN3O/c12-9-3-1-2-8(6-9)7-10(16)15-11-13-4-5-14-11/h1-6H,7H2,(H2,13,14,15,16). The van der Waals surface area contributed by atoms with E-state index in [1.54, 1.807) is 24.5 Å². The Bertz CT molecular complexity index is 482. The molecule has 0 bridgehead atoms. The first-order valence-corrected chi connectivity index (χ1v) is 5.15. The molecule has 1 amide bonds. The van der Waals surface area contributed by atoms with Gasteiger partial charge >= 0.3 is 0 Å². The van der Waals surface area contributed by atoms with Crippen LogP contribution in [0.3, 0.4) is 0 Å². The predicted octanol–water partition coefficient (Wildman–Crippen LogP) is 2.24. The van der Waals surface area contributed by atoms with Crippen molar-refractivity contribution in [3.05, 3.63) is 47.2 Å². The molecule has 2 aromatic rings. The number of nitrogens with zero attached hydrogens (tertiary/aromatic N) is 1. The predicted molar refractivity (Wildman–Crippen MR) is 62.4 cm³/mol. The van der Waals surface area contributed by atoms with Crippen molar-refractivity contribution >= 4 is 23.5 Å². The molecule has 0 saturated heterocycles. The Morgan fingerprint density at radius 1 is 1.50 bits per heavy atom. The zero-order chi connectivity index (χ0) is 11.4. The third-order valence-corrected chi connectivity index (χ3v) is 2.24. The maximum Gasteiger partial charge on any atom is 0.231 e. The summed E-state index contributed by atoms with van der Waals surface area (Å²) in [6.07, 6.45) is 3.51. The van der Waals surface area contributed by atoms with E-state index in [-0.39, 0.29) is 12.3 Å². The lowest BCUT2D eigenvalue weighted by atomic mass is 10.1. The molecule has 0 atom stereocenters. The number of halogens is 1. The van der Waals surface area contributed by atoms with Crippen molar-refractivity contribution in [1.82, 2.24) is 9.97 Å². The van der Waals surface area contributed by atoms with Crippen LogP contribution in [-0.4, -0.2) is 15.9 Å². The second-order valence-electron chi connectivity index (χ2n) is 3.29. The van der Waals surface area contributed by atoms with Crippen LogP contribution >= 0.6 is 11.6 Å². The van der Waals surface area contributed by atoms with Gasteiger partial charge in [0.15, 0.2) is 0 Å². The highest BCUT2D eigenvalue weighted by Crippen LogP contribution is 2.11. The number of anilines is 1. The first-order valence-electron chi connectivity index (χ1n) is 4.78. The third kappa shape index (κ3) is 2.84. The van der Waals surface area contributed by atoms with Gasteiger partial charge in [0.2, 0.25) is 11.9 Å². The number of aromatic nitrogens is 2. The monoisotopic (exact) mass is 235 g/mol. The van der Waals surface area contributed by atoms with E-state index in [0.717, 1.165) is 5.56 Å². The average molecular weight is 236 g/mol. The number of imidazole rings is 1. The molecule has 0 aliphatic carbocycles. The largest absolute Gasteiger partial charge is 0.331 e. The second-order valence-corrected chi connectivity index (χ2v) is 3.73. The number of aromatic amines is 1. The molecule has 0 fully saturated rings. The number of H-pyrrole nitrogens is 1. The highest BCUT2D eigenvalue weighted by atomic mass is 35.5. The minimum atomic E-state index is -0.128. The van der Waals surface area contributed by atoms with Gasteiger partial charge in [-0.15, -0.1) is 0 Å². The maximum absolute atomic E-state index is 11.6. The Labute approximate surface area is 97.7 Å². The summed E-state index contributed by atoms with van der Waals surface area (Å²) in [4.78, 5) is 18.3. The minimum absolute atomic E-state index is 0.128. The number of carbonyl (C=O) groups excluding carboxylic acids is 1. The molecule has 1 aromatic heterocycles. The Kier molecular flexibility index (Phi) is 3.22. The molecular formula is C11H10ClN3O. The Hall–Kier alpha value is -1.81. The van der Waals surface area contributed by atoms with Crippen molar-refractivity contribution in [2.75, 3.05) is 5.32 Å². The topological polar surface area (TPSA) is 57.8 Å². The lowest BCUT2D eigenvalue weighted by Gasteiger charge is -2.02. The molecule has 82 valence electrons. The fourth-order valence-corrected chi connectivity index (χ4v) is 1.56. The first-order chi connectivity index (χ1) is 7.74. The van der Waals surface area contributed by atoms with Crippen LogP contribution in [0.4, 0.5) is 5.95 Å². The Balaban J connectivity index is 1.97. The molecule has 1 heterocycles. The van der Waals surface area contributed by atoms with Gasteiger partial charge in [-0.25, -0.2) is 4.98 Å². The highest BCUT2D eigenvalue weighted by molar-refractivity contribution is 6.30. The van der Waals surface area contributed by atoms with E-state index in [9.17, 15) is 4.79 Å². The van der Waals surface area contributed by atoms with Gasteiger partial charge in [0, 0.05) is 17.4 Å². The molecule has 0 radical (unpaired) electrons. The van der Waals surface area contributed by atoms with Crippen molar-refractivity contribution in [1.29, 1.82) is 0 Å². The quantitative estimate of drug-likeness (QED) is 0.857. The average Bonchev–Trinajstić information content (AvgIpc) is 2.70. The molecule has 0 saturated carbocycles. The Morgan fingerprint density at radius 2 is 2.38 bits per heavy atom. The van der Waals surface area contributed by atoms with Crippen LogP contribution in [0.2, 0.25) is 5.02 Å². The zero-order valence-corrected chi connectivity index (χ0v) is 9.16. The summed E-state index contributed by atoms with van der Waals surface area (Å²) < 4.78 is 0. The van der Waals surface area contributed by atoms with Crippen LogP contribution in [0.25, 0.3) is 0 Å². The van der Waals surface area contributed by atoms with Crippen molar-refractivity contribution in [2.45, 2.75) is 6.42 Å². The number of hydrogen-bond donors (Lipinski definition) is 2. The fourth-order valence-electron chi connectivity index (χ4n) is 1.34. The normalized spacial score (nSPS) is 10.1. The smallest absolute Gasteiger partial charge is 0.231 e. The summed E-state index contributed by atoms with van der Waals surface area (Å²) in [6, 6.07) is 7.21. The number of benzene rings is 1. The van der Waals surface area contributed by atoms with E-state index in [2.05, 4.69) is 15.3 Å². The van der Waals surface area contributed by atoms with Crippen LogP contribution in [0.15, 0.2) is 36.7 Å². The van der Waals surface area contributed by atoms with Gasteiger partial charge in [0.25, 0.3) is 0 Å². The summed E-state index contributed by atoms with van der Waals surface area (Å²) in [5, 5.41) is 3.27. The van der Waals surface area contributed by atoms with Crippen molar-refractivity contribution in [3.63, 3.8) is 0 Å². The number of amides is 1. The van der Waals surface area contributed by atoms with Crippen LogP contribution in [0.5, 0.6) is 0 Å². The van der Waals surface area contributed by atoms with Crippen LogP contribution in [0.1, 0.15) is 5.56 Å².